The van der Waals surface area contributed by atoms with E-state index in [-0.39, 0.29) is 5.56 Å². The Hall–Kier alpha value is -2.20. The number of hydrogen-bond acceptors (Lipinski definition) is 2. The number of nitrogens with two attached hydrogens (primary N) is 1. The standard InChI is InChI=1S/C15H15FN2O/c16-14-4-2-1-3-13(14)15(19)18-10-12-7-5-11(9-17)6-8-12/h1-8H,9-10,17H2,(H,18,19). The lowest BCUT2D eigenvalue weighted by Gasteiger charge is -2.06. The molecule has 3 N–H and O–H groups in total. The van der Waals surface area contributed by atoms with Crippen LogP contribution in [0.1, 0.15) is 21.5 Å². The van der Waals surface area contributed by atoms with Gasteiger partial charge in [-0.15, -0.1) is 0 Å². The number of amides is 1. The second kappa shape index (κ2) is 6.11. The van der Waals surface area contributed by atoms with E-state index in [0.717, 1.165) is 11.1 Å². The molecule has 0 spiro atoms. The number of carbonyl (C=O) groups is 1. The Labute approximate surface area is 111 Å². The molecule has 1 amide bonds. The summed E-state index contributed by atoms with van der Waals surface area (Å²) in [4.78, 5) is 11.8. The number of rotatable bonds is 4. The van der Waals surface area contributed by atoms with E-state index in [1.54, 1.807) is 12.1 Å². The number of carbonyl (C=O) groups excluding carboxylic acids is 1. The van der Waals surface area contributed by atoms with Crippen molar-refractivity contribution >= 4 is 5.91 Å². The Morgan fingerprint density at radius 2 is 1.68 bits per heavy atom. The summed E-state index contributed by atoms with van der Waals surface area (Å²) in [6, 6.07) is 13.5. The predicted octanol–water partition coefficient (Wildman–Crippen LogP) is 2.21. The number of benzene rings is 2. The summed E-state index contributed by atoms with van der Waals surface area (Å²) in [5.41, 5.74) is 7.54. The molecule has 0 radical (unpaired) electrons. The minimum absolute atomic E-state index is 0.0566. The molecule has 19 heavy (non-hydrogen) atoms. The average Bonchev–Trinajstić information content (AvgIpc) is 2.46. The first-order valence-corrected chi connectivity index (χ1v) is 6.01. The quantitative estimate of drug-likeness (QED) is 0.883. The van der Waals surface area contributed by atoms with Crippen LogP contribution in [-0.2, 0) is 13.1 Å². The van der Waals surface area contributed by atoms with Crippen molar-refractivity contribution in [1.82, 2.24) is 5.32 Å². The van der Waals surface area contributed by atoms with Gasteiger partial charge in [-0.1, -0.05) is 36.4 Å². The maximum Gasteiger partial charge on any atom is 0.254 e. The summed E-state index contributed by atoms with van der Waals surface area (Å²) in [5, 5.41) is 2.68. The van der Waals surface area contributed by atoms with Gasteiger partial charge in [-0.3, -0.25) is 4.79 Å². The van der Waals surface area contributed by atoms with Gasteiger partial charge in [0.1, 0.15) is 5.82 Å². The van der Waals surface area contributed by atoms with Crippen LogP contribution in [0.4, 0.5) is 4.39 Å². The molecule has 3 nitrogen and oxygen atoms in total. The Bertz CT molecular complexity index is 567. The van der Waals surface area contributed by atoms with Crippen LogP contribution >= 0.6 is 0 Å². The first kappa shape index (κ1) is 13.2. The van der Waals surface area contributed by atoms with Crippen molar-refractivity contribution in [2.45, 2.75) is 13.1 Å². The Balaban J connectivity index is 1.98. The molecule has 0 fully saturated rings. The molecular formula is C15H15FN2O. The summed E-state index contributed by atoms with van der Waals surface area (Å²) < 4.78 is 13.4. The first-order chi connectivity index (χ1) is 9.20. The third-order valence-electron chi connectivity index (χ3n) is 2.83. The van der Waals surface area contributed by atoms with Crippen LogP contribution in [0.15, 0.2) is 48.5 Å². The van der Waals surface area contributed by atoms with E-state index in [9.17, 15) is 9.18 Å². The second-order valence-corrected chi connectivity index (χ2v) is 4.18. The fourth-order valence-electron chi connectivity index (χ4n) is 1.72. The van der Waals surface area contributed by atoms with Crippen molar-refractivity contribution in [2.24, 2.45) is 5.73 Å². The van der Waals surface area contributed by atoms with Gasteiger partial charge in [0.15, 0.2) is 0 Å². The molecule has 0 aliphatic rings. The molecule has 0 unspecified atom stereocenters. The van der Waals surface area contributed by atoms with Crippen LogP contribution in [0.2, 0.25) is 0 Å². The molecule has 0 saturated carbocycles. The van der Waals surface area contributed by atoms with Gasteiger partial charge in [0.2, 0.25) is 0 Å². The van der Waals surface area contributed by atoms with E-state index >= 15 is 0 Å². The highest BCUT2D eigenvalue weighted by Gasteiger charge is 2.09. The molecule has 2 rings (SSSR count). The van der Waals surface area contributed by atoms with Crippen LogP contribution in [0.3, 0.4) is 0 Å². The number of nitrogens with one attached hydrogen (secondary N) is 1. The molecule has 0 aliphatic carbocycles. The molecule has 0 saturated heterocycles. The Morgan fingerprint density at radius 3 is 2.32 bits per heavy atom. The molecular weight excluding hydrogens is 243 g/mol. The van der Waals surface area contributed by atoms with Crippen molar-refractivity contribution in [3.05, 3.63) is 71.0 Å². The molecule has 0 aliphatic heterocycles. The molecule has 0 heterocycles. The lowest BCUT2D eigenvalue weighted by atomic mass is 10.1. The van der Waals surface area contributed by atoms with Gasteiger partial charge < -0.3 is 11.1 Å². The molecule has 0 bridgehead atoms. The van der Waals surface area contributed by atoms with E-state index in [2.05, 4.69) is 5.32 Å². The monoisotopic (exact) mass is 258 g/mol. The van der Waals surface area contributed by atoms with Crippen molar-refractivity contribution in [3.8, 4) is 0 Å². The van der Waals surface area contributed by atoms with Gasteiger partial charge >= 0.3 is 0 Å². The van der Waals surface area contributed by atoms with Gasteiger partial charge in [-0.25, -0.2) is 4.39 Å². The topological polar surface area (TPSA) is 55.1 Å². The largest absolute Gasteiger partial charge is 0.348 e. The van der Waals surface area contributed by atoms with Crippen molar-refractivity contribution < 1.29 is 9.18 Å². The second-order valence-electron chi connectivity index (χ2n) is 4.18. The zero-order valence-electron chi connectivity index (χ0n) is 10.4. The smallest absolute Gasteiger partial charge is 0.254 e. The van der Waals surface area contributed by atoms with E-state index in [4.69, 9.17) is 5.73 Å². The van der Waals surface area contributed by atoms with E-state index in [1.165, 1.54) is 12.1 Å². The van der Waals surface area contributed by atoms with Gasteiger partial charge in [0.05, 0.1) is 5.56 Å². The van der Waals surface area contributed by atoms with Gasteiger partial charge in [0.25, 0.3) is 5.91 Å². The highest BCUT2D eigenvalue weighted by Crippen LogP contribution is 2.07. The van der Waals surface area contributed by atoms with Crippen LogP contribution < -0.4 is 11.1 Å². The zero-order chi connectivity index (χ0) is 13.7. The number of halogens is 1. The summed E-state index contributed by atoms with van der Waals surface area (Å²) in [5.74, 6) is -0.931. The normalized spacial score (nSPS) is 10.2. The van der Waals surface area contributed by atoms with Crippen LogP contribution in [0.25, 0.3) is 0 Å². The highest BCUT2D eigenvalue weighted by atomic mass is 19.1. The third kappa shape index (κ3) is 3.39. The molecule has 0 aromatic heterocycles. The lowest BCUT2D eigenvalue weighted by molar-refractivity contribution is 0.0947. The predicted molar refractivity (Wildman–Crippen MR) is 71.9 cm³/mol. The summed E-state index contributed by atoms with van der Waals surface area (Å²) in [7, 11) is 0. The van der Waals surface area contributed by atoms with Crippen LogP contribution in [-0.4, -0.2) is 5.91 Å². The Kier molecular flexibility index (Phi) is 4.26. The minimum Gasteiger partial charge on any atom is -0.348 e. The molecule has 2 aromatic rings. The van der Waals surface area contributed by atoms with Gasteiger partial charge in [0, 0.05) is 13.1 Å². The average molecular weight is 258 g/mol. The maximum absolute atomic E-state index is 13.4. The zero-order valence-corrected chi connectivity index (χ0v) is 10.4. The summed E-state index contributed by atoms with van der Waals surface area (Å²) >= 11 is 0. The number of hydrogen-bond donors (Lipinski definition) is 2. The SMILES string of the molecule is NCc1ccc(CNC(=O)c2ccccc2F)cc1. The van der Waals surface area contributed by atoms with Crippen LogP contribution in [0, 0.1) is 5.82 Å². The molecule has 4 heteroatoms. The highest BCUT2D eigenvalue weighted by molar-refractivity contribution is 5.94. The van der Waals surface area contributed by atoms with Gasteiger partial charge in [-0.2, -0.15) is 0 Å². The summed E-state index contributed by atoms with van der Waals surface area (Å²) in [6.07, 6.45) is 0. The summed E-state index contributed by atoms with van der Waals surface area (Å²) in [6.45, 7) is 0.847. The first-order valence-electron chi connectivity index (χ1n) is 6.01. The molecule has 98 valence electrons. The van der Waals surface area contributed by atoms with Crippen LogP contribution in [0.5, 0.6) is 0 Å². The van der Waals surface area contributed by atoms with E-state index in [1.807, 2.05) is 24.3 Å². The fraction of sp³-hybridized carbons (Fsp3) is 0.133. The van der Waals surface area contributed by atoms with Crippen molar-refractivity contribution in [2.75, 3.05) is 0 Å². The molecule has 0 atom stereocenters. The lowest BCUT2D eigenvalue weighted by Crippen LogP contribution is -2.23. The molecule has 2 aromatic carbocycles. The minimum atomic E-state index is -0.515. The van der Waals surface area contributed by atoms with Gasteiger partial charge in [-0.05, 0) is 23.3 Å². The van der Waals surface area contributed by atoms with Crippen molar-refractivity contribution in [3.63, 3.8) is 0 Å². The fourth-order valence-corrected chi connectivity index (χ4v) is 1.72. The maximum atomic E-state index is 13.4. The third-order valence-corrected chi connectivity index (χ3v) is 2.83. The Morgan fingerprint density at radius 1 is 1.05 bits per heavy atom. The van der Waals surface area contributed by atoms with Crippen molar-refractivity contribution in [1.29, 1.82) is 0 Å². The van der Waals surface area contributed by atoms with E-state index in [0.29, 0.717) is 13.1 Å². The van der Waals surface area contributed by atoms with E-state index < -0.39 is 11.7 Å².